The minimum Gasteiger partial charge on any atom is -0.380 e. The third-order valence-electron chi connectivity index (χ3n) is 3.53. The van der Waals surface area contributed by atoms with Crippen molar-refractivity contribution in [3.05, 3.63) is 5.82 Å². The summed E-state index contributed by atoms with van der Waals surface area (Å²) in [5, 5.41) is 7.45. The molecule has 1 N–H and O–H groups in total. The third kappa shape index (κ3) is 5.58. The quantitative estimate of drug-likeness (QED) is 0.562. The van der Waals surface area contributed by atoms with E-state index >= 15 is 0 Å². The van der Waals surface area contributed by atoms with Gasteiger partial charge in [0.05, 0.1) is 12.4 Å². The molecule has 0 unspecified atom stereocenters. The summed E-state index contributed by atoms with van der Waals surface area (Å²) in [7, 11) is 0. The van der Waals surface area contributed by atoms with Crippen LogP contribution in [0.25, 0.3) is 0 Å². The second-order valence-electron chi connectivity index (χ2n) is 5.33. The highest BCUT2D eigenvalue weighted by atomic mass is 32.2. The maximum Gasteiger partial charge on any atom is 0.233 e. The van der Waals surface area contributed by atoms with E-state index in [9.17, 15) is 4.79 Å². The standard InChI is InChI=1S/C14H25N5O2S/c1-3-9-21-10-8-18-4-6-19(7-5-18)13(20)11-22-14-15-12(2)16-17-14/h3-11H2,1-2H3,(H,15,16,17). The molecule has 8 heteroatoms. The molecule has 0 spiro atoms. The minimum atomic E-state index is 0.161. The van der Waals surface area contributed by atoms with Crippen LogP contribution in [0.1, 0.15) is 19.2 Å². The van der Waals surface area contributed by atoms with Crippen molar-refractivity contribution in [1.29, 1.82) is 0 Å². The number of aryl methyl sites for hydroxylation is 1. The van der Waals surface area contributed by atoms with Crippen molar-refractivity contribution in [2.45, 2.75) is 25.4 Å². The van der Waals surface area contributed by atoms with Gasteiger partial charge in [-0.25, -0.2) is 4.98 Å². The van der Waals surface area contributed by atoms with Gasteiger partial charge in [0.25, 0.3) is 0 Å². The van der Waals surface area contributed by atoms with E-state index in [4.69, 9.17) is 4.74 Å². The van der Waals surface area contributed by atoms with E-state index in [-0.39, 0.29) is 5.91 Å². The lowest BCUT2D eigenvalue weighted by atomic mass is 10.3. The number of aromatic amines is 1. The fourth-order valence-electron chi connectivity index (χ4n) is 2.27. The highest BCUT2D eigenvalue weighted by Crippen LogP contribution is 2.13. The Hall–Kier alpha value is -1.12. The number of nitrogens with one attached hydrogen (secondary N) is 1. The molecule has 2 heterocycles. The second-order valence-corrected chi connectivity index (χ2v) is 6.27. The summed E-state index contributed by atoms with van der Waals surface area (Å²) in [5.74, 6) is 1.33. The summed E-state index contributed by atoms with van der Waals surface area (Å²) in [6, 6.07) is 0. The molecule has 1 aliphatic rings. The van der Waals surface area contributed by atoms with Gasteiger partial charge in [0, 0.05) is 39.3 Å². The molecule has 0 radical (unpaired) electrons. The number of ether oxygens (including phenoxy) is 1. The minimum absolute atomic E-state index is 0.161. The first kappa shape index (κ1) is 17.2. The first-order valence-electron chi connectivity index (χ1n) is 7.78. The third-order valence-corrected chi connectivity index (χ3v) is 4.36. The molecule has 1 saturated heterocycles. The van der Waals surface area contributed by atoms with Gasteiger partial charge < -0.3 is 9.64 Å². The van der Waals surface area contributed by atoms with Crippen molar-refractivity contribution in [3.8, 4) is 0 Å². The first-order valence-corrected chi connectivity index (χ1v) is 8.77. The molecule has 22 heavy (non-hydrogen) atoms. The van der Waals surface area contributed by atoms with Crippen LogP contribution in [-0.2, 0) is 9.53 Å². The van der Waals surface area contributed by atoms with Gasteiger partial charge in [0.15, 0.2) is 0 Å². The smallest absolute Gasteiger partial charge is 0.233 e. The molecule has 2 rings (SSSR count). The number of H-pyrrole nitrogens is 1. The zero-order valence-corrected chi connectivity index (χ0v) is 14.2. The summed E-state index contributed by atoms with van der Waals surface area (Å²) < 4.78 is 5.51. The van der Waals surface area contributed by atoms with Crippen LogP contribution in [0.5, 0.6) is 0 Å². The fraction of sp³-hybridized carbons (Fsp3) is 0.786. The largest absolute Gasteiger partial charge is 0.380 e. The van der Waals surface area contributed by atoms with Crippen LogP contribution < -0.4 is 0 Å². The van der Waals surface area contributed by atoms with Crippen LogP contribution in [0.4, 0.5) is 0 Å². The van der Waals surface area contributed by atoms with Gasteiger partial charge in [-0.1, -0.05) is 18.7 Å². The predicted molar refractivity (Wildman–Crippen MR) is 86.0 cm³/mol. The van der Waals surface area contributed by atoms with Gasteiger partial charge in [-0.3, -0.25) is 14.8 Å². The Balaban J connectivity index is 1.62. The normalized spacial score (nSPS) is 16.2. The molecule has 7 nitrogen and oxygen atoms in total. The summed E-state index contributed by atoms with van der Waals surface area (Å²) in [5.41, 5.74) is 0. The number of thioether (sulfide) groups is 1. The Morgan fingerprint density at radius 1 is 1.32 bits per heavy atom. The Bertz CT molecular complexity index is 460. The summed E-state index contributed by atoms with van der Waals surface area (Å²) in [4.78, 5) is 20.7. The molecule has 0 atom stereocenters. The number of carbonyl (C=O) groups excluding carboxylic acids is 1. The maximum atomic E-state index is 12.2. The van der Waals surface area contributed by atoms with Crippen LogP contribution in [0, 0.1) is 6.92 Å². The number of rotatable bonds is 8. The molecule has 0 aliphatic carbocycles. The lowest BCUT2D eigenvalue weighted by Gasteiger charge is -2.34. The molecule has 1 aromatic heterocycles. The zero-order valence-electron chi connectivity index (χ0n) is 13.4. The molecular formula is C14H25N5O2S. The summed E-state index contributed by atoms with van der Waals surface area (Å²) >= 11 is 1.38. The topological polar surface area (TPSA) is 74.3 Å². The number of nitrogens with zero attached hydrogens (tertiary/aromatic N) is 4. The molecule has 0 saturated carbocycles. The monoisotopic (exact) mass is 327 g/mol. The van der Waals surface area contributed by atoms with Gasteiger partial charge in [0.2, 0.25) is 11.1 Å². The van der Waals surface area contributed by atoms with Crippen molar-refractivity contribution in [2.24, 2.45) is 0 Å². The molecular weight excluding hydrogens is 302 g/mol. The van der Waals surface area contributed by atoms with Gasteiger partial charge in [-0.2, -0.15) is 0 Å². The number of hydrogen-bond donors (Lipinski definition) is 1. The van der Waals surface area contributed by atoms with E-state index in [0.29, 0.717) is 10.9 Å². The Kier molecular flexibility index (Phi) is 7.14. The van der Waals surface area contributed by atoms with Gasteiger partial charge in [0.1, 0.15) is 5.82 Å². The molecule has 1 aromatic rings. The number of amides is 1. The van der Waals surface area contributed by atoms with Crippen molar-refractivity contribution < 1.29 is 9.53 Å². The molecule has 0 aromatic carbocycles. The number of hydrogen-bond acceptors (Lipinski definition) is 6. The Morgan fingerprint density at radius 2 is 2.09 bits per heavy atom. The van der Waals surface area contributed by atoms with Gasteiger partial charge >= 0.3 is 0 Å². The second kappa shape index (κ2) is 9.12. The van der Waals surface area contributed by atoms with Crippen LogP contribution in [0.2, 0.25) is 0 Å². The summed E-state index contributed by atoms with van der Waals surface area (Å²) in [6.07, 6.45) is 1.06. The van der Waals surface area contributed by atoms with E-state index in [2.05, 4.69) is 27.0 Å². The van der Waals surface area contributed by atoms with Crippen molar-refractivity contribution in [2.75, 3.05) is 51.7 Å². The molecule has 0 bridgehead atoms. The highest BCUT2D eigenvalue weighted by Gasteiger charge is 2.21. The number of aromatic nitrogens is 3. The molecule has 1 amide bonds. The Labute approximate surface area is 135 Å². The van der Waals surface area contributed by atoms with Crippen LogP contribution in [0.15, 0.2) is 5.16 Å². The average Bonchev–Trinajstić information content (AvgIpc) is 2.95. The lowest BCUT2D eigenvalue weighted by molar-refractivity contribution is -0.130. The predicted octanol–water partition coefficient (Wildman–Crippen LogP) is 0.776. The van der Waals surface area contributed by atoms with E-state index in [0.717, 1.165) is 58.2 Å². The maximum absolute atomic E-state index is 12.2. The summed E-state index contributed by atoms with van der Waals surface area (Å²) in [6.45, 7) is 9.95. The van der Waals surface area contributed by atoms with E-state index in [1.807, 2.05) is 11.8 Å². The van der Waals surface area contributed by atoms with Crippen molar-refractivity contribution >= 4 is 17.7 Å². The molecule has 1 fully saturated rings. The van der Waals surface area contributed by atoms with Crippen LogP contribution >= 0.6 is 11.8 Å². The van der Waals surface area contributed by atoms with E-state index < -0.39 is 0 Å². The first-order chi connectivity index (χ1) is 10.7. The average molecular weight is 327 g/mol. The highest BCUT2D eigenvalue weighted by molar-refractivity contribution is 7.99. The lowest BCUT2D eigenvalue weighted by Crippen LogP contribution is -2.49. The van der Waals surface area contributed by atoms with Crippen LogP contribution in [0.3, 0.4) is 0 Å². The van der Waals surface area contributed by atoms with Crippen molar-refractivity contribution in [3.63, 3.8) is 0 Å². The van der Waals surface area contributed by atoms with Crippen LogP contribution in [-0.4, -0.2) is 82.6 Å². The van der Waals surface area contributed by atoms with E-state index in [1.165, 1.54) is 11.8 Å². The number of carbonyl (C=O) groups is 1. The van der Waals surface area contributed by atoms with Crippen molar-refractivity contribution in [1.82, 2.24) is 25.0 Å². The SMILES string of the molecule is CCCOCCN1CCN(C(=O)CSc2n[nH]c(C)n2)CC1. The van der Waals surface area contributed by atoms with E-state index in [1.54, 1.807) is 0 Å². The van der Waals surface area contributed by atoms with Gasteiger partial charge in [-0.05, 0) is 13.3 Å². The zero-order chi connectivity index (χ0) is 15.8. The molecule has 1 aliphatic heterocycles. The molecule has 124 valence electrons. The Morgan fingerprint density at radius 3 is 2.73 bits per heavy atom. The van der Waals surface area contributed by atoms with Gasteiger partial charge in [-0.15, -0.1) is 5.10 Å². The fourth-order valence-corrected chi connectivity index (χ4v) is 3.01. The number of piperazine rings is 1.